The second-order valence-corrected chi connectivity index (χ2v) is 8.74. The summed E-state index contributed by atoms with van der Waals surface area (Å²) in [5, 5.41) is 3.43. The fraction of sp³-hybridized carbons (Fsp3) is 0.172. The number of fused-ring (bicyclic) bond motifs is 1. The SMILES string of the molecule is C=C(Nc1ccccc1C)c1ccc(CC2=NC(c3c(C)nc4cc(C)ccn34)=CC2)cc1. The number of aryl methyl sites for hydroxylation is 3. The minimum absolute atomic E-state index is 0.840. The number of benzene rings is 2. The van der Waals surface area contributed by atoms with Gasteiger partial charge in [-0.15, -0.1) is 0 Å². The molecule has 0 saturated heterocycles. The zero-order chi connectivity index (χ0) is 22.9. The standard InChI is InChI=1S/C29H28N4/c1-19-15-16-33-28(17-19)31-22(4)29(33)27-14-13-25(32-27)18-23-9-11-24(12-10-23)21(3)30-26-8-6-5-7-20(26)2/h5-12,14-17,30H,3,13,18H2,1-2,4H3. The van der Waals surface area contributed by atoms with Gasteiger partial charge >= 0.3 is 0 Å². The lowest BCUT2D eigenvalue weighted by atomic mass is 10.0. The molecule has 0 atom stereocenters. The topological polar surface area (TPSA) is 41.7 Å². The first-order valence-corrected chi connectivity index (χ1v) is 11.3. The van der Waals surface area contributed by atoms with Crippen LogP contribution in [0.5, 0.6) is 0 Å². The third-order valence-corrected chi connectivity index (χ3v) is 6.15. The zero-order valence-electron chi connectivity index (χ0n) is 19.4. The van der Waals surface area contributed by atoms with Gasteiger partial charge in [0.15, 0.2) is 0 Å². The fourth-order valence-electron chi connectivity index (χ4n) is 4.32. The molecule has 1 N–H and O–H groups in total. The minimum atomic E-state index is 0.840. The normalized spacial score (nSPS) is 13.2. The van der Waals surface area contributed by atoms with E-state index in [1.165, 1.54) is 22.4 Å². The second-order valence-electron chi connectivity index (χ2n) is 8.74. The Balaban J connectivity index is 1.29. The molecule has 2 aromatic carbocycles. The molecule has 4 nitrogen and oxygen atoms in total. The third-order valence-electron chi connectivity index (χ3n) is 6.15. The molecule has 0 saturated carbocycles. The Labute approximate surface area is 195 Å². The molecule has 1 aliphatic heterocycles. The molecule has 4 aromatic rings. The van der Waals surface area contributed by atoms with Crippen LogP contribution in [0, 0.1) is 20.8 Å². The molecular formula is C29H28N4. The van der Waals surface area contributed by atoms with Crippen molar-refractivity contribution in [1.29, 1.82) is 0 Å². The van der Waals surface area contributed by atoms with E-state index in [4.69, 9.17) is 9.98 Å². The lowest BCUT2D eigenvalue weighted by Crippen LogP contribution is -2.01. The van der Waals surface area contributed by atoms with Crippen molar-refractivity contribution in [3.05, 3.63) is 113 Å². The molecule has 0 bridgehead atoms. The maximum absolute atomic E-state index is 4.97. The molecule has 0 aliphatic carbocycles. The average Bonchev–Trinajstić information content (AvgIpc) is 3.38. The maximum Gasteiger partial charge on any atom is 0.137 e. The van der Waals surface area contributed by atoms with Crippen molar-refractivity contribution >= 4 is 28.4 Å². The van der Waals surface area contributed by atoms with Gasteiger partial charge in [0.2, 0.25) is 0 Å². The van der Waals surface area contributed by atoms with E-state index in [9.17, 15) is 0 Å². The molecular weight excluding hydrogens is 404 g/mol. The van der Waals surface area contributed by atoms with Crippen LogP contribution in [-0.2, 0) is 6.42 Å². The first kappa shape index (κ1) is 21.0. The first-order valence-electron chi connectivity index (χ1n) is 11.3. The summed E-state index contributed by atoms with van der Waals surface area (Å²) in [5.74, 6) is 0. The van der Waals surface area contributed by atoms with E-state index >= 15 is 0 Å². The molecule has 0 amide bonds. The van der Waals surface area contributed by atoms with Gasteiger partial charge in [-0.1, -0.05) is 55.1 Å². The summed E-state index contributed by atoms with van der Waals surface area (Å²) in [6.45, 7) is 10.5. The van der Waals surface area contributed by atoms with E-state index in [-0.39, 0.29) is 0 Å². The number of hydrogen-bond acceptors (Lipinski definition) is 3. The molecule has 2 aromatic heterocycles. The lowest BCUT2D eigenvalue weighted by molar-refractivity contribution is 1.13. The van der Waals surface area contributed by atoms with Crippen LogP contribution in [0.25, 0.3) is 17.0 Å². The molecule has 0 fully saturated rings. The summed E-state index contributed by atoms with van der Waals surface area (Å²) in [6.07, 6.45) is 6.02. The molecule has 0 radical (unpaired) electrons. The van der Waals surface area contributed by atoms with Crippen LogP contribution >= 0.6 is 0 Å². The number of aromatic nitrogens is 2. The van der Waals surface area contributed by atoms with E-state index in [2.05, 4.69) is 97.9 Å². The van der Waals surface area contributed by atoms with Crippen LogP contribution in [0.2, 0.25) is 0 Å². The molecule has 164 valence electrons. The van der Waals surface area contributed by atoms with Crippen molar-refractivity contribution in [2.45, 2.75) is 33.6 Å². The van der Waals surface area contributed by atoms with E-state index in [0.29, 0.717) is 0 Å². The number of para-hydroxylation sites is 1. The van der Waals surface area contributed by atoms with Crippen molar-refractivity contribution in [3.8, 4) is 0 Å². The largest absolute Gasteiger partial charge is 0.355 e. The number of anilines is 1. The van der Waals surface area contributed by atoms with E-state index in [1.54, 1.807) is 0 Å². The summed E-state index contributed by atoms with van der Waals surface area (Å²) in [5.41, 5.74) is 12.0. The zero-order valence-corrected chi connectivity index (χ0v) is 19.4. The monoisotopic (exact) mass is 432 g/mol. The number of hydrogen-bond donors (Lipinski definition) is 1. The maximum atomic E-state index is 4.97. The summed E-state index contributed by atoms with van der Waals surface area (Å²) in [6, 6.07) is 21.1. The fourth-order valence-corrected chi connectivity index (χ4v) is 4.32. The van der Waals surface area contributed by atoms with Gasteiger partial charge in [-0.3, -0.25) is 9.39 Å². The van der Waals surface area contributed by atoms with Gasteiger partial charge < -0.3 is 5.32 Å². The highest BCUT2D eigenvalue weighted by Crippen LogP contribution is 2.28. The Morgan fingerprint density at radius 3 is 2.61 bits per heavy atom. The van der Waals surface area contributed by atoms with Crippen LogP contribution in [0.4, 0.5) is 5.69 Å². The van der Waals surface area contributed by atoms with E-state index in [0.717, 1.165) is 52.5 Å². The highest BCUT2D eigenvalue weighted by molar-refractivity contribution is 5.97. The average molecular weight is 433 g/mol. The molecule has 0 unspecified atom stereocenters. The van der Waals surface area contributed by atoms with Gasteiger partial charge in [-0.2, -0.15) is 0 Å². The number of allylic oxidation sites excluding steroid dienone is 1. The summed E-state index contributed by atoms with van der Waals surface area (Å²) < 4.78 is 2.14. The molecule has 3 heterocycles. The molecule has 0 spiro atoms. The Kier molecular flexibility index (Phi) is 5.43. The molecule has 4 heteroatoms. The van der Waals surface area contributed by atoms with Gasteiger partial charge in [-0.25, -0.2) is 4.98 Å². The number of aliphatic imine (C=N–C) groups is 1. The van der Waals surface area contributed by atoms with Crippen LogP contribution in [-0.4, -0.2) is 15.1 Å². The summed E-state index contributed by atoms with van der Waals surface area (Å²) in [7, 11) is 0. The van der Waals surface area contributed by atoms with Crippen molar-refractivity contribution < 1.29 is 0 Å². The smallest absolute Gasteiger partial charge is 0.137 e. The Bertz CT molecular complexity index is 1420. The van der Waals surface area contributed by atoms with Crippen LogP contribution < -0.4 is 5.32 Å². The predicted molar refractivity (Wildman–Crippen MR) is 139 cm³/mol. The highest BCUT2D eigenvalue weighted by Gasteiger charge is 2.18. The number of nitrogens with zero attached hydrogens (tertiary/aromatic N) is 3. The Hall–Kier alpha value is -3.92. The van der Waals surface area contributed by atoms with Crippen molar-refractivity contribution in [3.63, 3.8) is 0 Å². The van der Waals surface area contributed by atoms with E-state index < -0.39 is 0 Å². The van der Waals surface area contributed by atoms with Gasteiger partial charge in [0.25, 0.3) is 0 Å². The van der Waals surface area contributed by atoms with Gasteiger partial charge in [0.05, 0.1) is 17.1 Å². The quantitative estimate of drug-likeness (QED) is 0.365. The van der Waals surface area contributed by atoms with Gasteiger partial charge in [-0.05, 0) is 61.2 Å². The first-order chi connectivity index (χ1) is 16.0. The molecule has 5 rings (SSSR count). The summed E-state index contributed by atoms with van der Waals surface area (Å²) >= 11 is 0. The highest BCUT2D eigenvalue weighted by atomic mass is 15.0. The third kappa shape index (κ3) is 4.24. The van der Waals surface area contributed by atoms with Gasteiger partial charge in [0.1, 0.15) is 5.65 Å². The number of nitrogens with one attached hydrogen (secondary N) is 1. The molecule has 33 heavy (non-hydrogen) atoms. The van der Waals surface area contributed by atoms with Crippen molar-refractivity contribution in [1.82, 2.24) is 9.38 Å². The van der Waals surface area contributed by atoms with Crippen molar-refractivity contribution in [2.24, 2.45) is 4.99 Å². The van der Waals surface area contributed by atoms with E-state index in [1.807, 2.05) is 12.1 Å². The Morgan fingerprint density at radius 1 is 1.03 bits per heavy atom. The van der Waals surface area contributed by atoms with Crippen LogP contribution in [0.15, 0.2) is 84.5 Å². The number of rotatable bonds is 6. The number of pyridine rings is 1. The second kappa shape index (κ2) is 8.55. The summed E-state index contributed by atoms with van der Waals surface area (Å²) in [4.78, 5) is 9.70. The van der Waals surface area contributed by atoms with Gasteiger partial charge in [0, 0.05) is 36.1 Å². The van der Waals surface area contributed by atoms with Crippen LogP contribution in [0.3, 0.4) is 0 Å². The van der Waals surface area contributed by atoms with Crippen LogP contribution in [0.1, 0.15) is 40.1 Å². The number of imidazole rings is 1. The molecule has 1 aliphatic rings. The predicted octanol–water partition coefficient (Wildman–Crippen LogP) is 6.77. The minimum Gasteiger partial charge on any atom is -0.355 e. The Morgan fingerprint density at radius 2 is 1.82 bits per heavy atom. The van der Waals surface area contributed by atoms with Crippen molar-refractivity contribution in [2.75, 3.05) is 5.32 Å². The lowest BCUT2D eigenvalue weighted by Gasteiger charge is -2.12.